The first-order valence-corrected chi connectivity index (χ1v) is 3.54. The van der Waals surface area contributed by atoms with Gasteiger partial charge in [-0.3, -0.25) is 0 Å². The van der Waals surface area contributed by atoms with Crippen LogP contribution in [0.4, 0.5) is 0 Å². The molecule has 0 heterocycles. The first-order valence-electron chi connectivity index (χ1n) is 3.54. The third-order valence-corrected chi connectivity index (χ3v) is 1.13. The van der Waals surface area contributed by atoms with E-state index in [2.05, 4.69) is 13.5 Å². The van der Waals surface area contributed by atoms with Gasteiger partial charge in [-0.15, -0.1) is 0 Å². The summed E-state index contributed by atoms with van der Waals surface area (Å²) < 4.78 is 0. The summed E-state index contributed by atoms with van der Waals surface area (Å²) in [6, 6.07) is 0. The lowest BCUT2D eigenvalue weighted by Crippen LogP contribution is -1.74. The SMILES string of the molecule is C=C(/C=C\C=C/N)CCC. The van der Waals surface area contributed by atoms with E-state index in [0.717, 1.165) is 18.4 Å². The largest absolute Gasteiger partial charge is 0.405 e. The molecule has 0 aliphatic rings. The van der Waals surface area contributed by atoms with Crippen LogP contribution >= 0.6 is 0 Å². The fourth-order valence-corrected chi connectivity index (χ4v) is 0.660. The van der Waals surface area contributed by atoms with Gasteiger partial charge in [-0.1, -0.05) is 37.6 Å². The Morgan fingerprint density at radius 1 is 1.50 bits per heavy atom. The molecule has 0 spiro atoms. The van der Waals surface area contributed by atoms with Crippen molar-refractivity contribution in [3.05, 3.63) is 36.6 Å². The van der Waals surface area contributed by atoms with E-state index in [-0.39, 0.29) is 0 Å². The lowest BCUT2D eigenvalue weighted by atomic mass is 10.2. The van der Waals surface area contributed by atoms with E-state index >= 15 is 0 Å². The van der Waals surface area contributed by atoms with E-state index in [4.69, 9.17) is 5.73 Å². The molecule has 2 N–H and O–H groups in total. The molecule has 0 aromatic rings. The molecular formula is C9H15N. The Morgan fingerprint density at radius 3 is 2.70 bits per heavy atom. The standard InChI is InChI=1S/C9H15N/c1-3-6-9(2)7-4-5-8-10/h4-5,7-8H,2-3,6,10H2,1H3/b7-4-,8-5-. The summed E-state index contributed by atoms with van der Waals surface area (Å²) in [7, 11) is 0. The summed E-state index contributed by atoms with van der Waals surface area (Å²) in [4.78, 5) is 0. The minimum atomic E-state index is 1.06. The normalized spacial score (nSPS) is 11.3. The highest BCUT2D eigenvalue weighted by Crippen LogP contribution is 2.02. The number of rotatable bonds is 4. The molecule has 0 saturated carbocycles. The summed E-state index contributed by atoms with van der Waals surface area (Å²) in [5.74, 6) is 0. The van der Waals surface area contributed by atoms with Crippen LogP contribution in [0.15, 0.2) is 36.6 Å². The quantitative estimate of drug-likeness (QED) is 0.591. The van der Waals surface area contributed by atoms with E-state index < -0.39 is 0 Å². The molecule has 0 radical (unpaired) electrons. The number of hydrogen-bond donors (Lipinski definition) is 1. The van der Waals surface area contributed by atoms with Crippen molar-refractivity contribution in [2.75, 3.05) is 0 Å². The summed E-state index contributed by atoms with van der Waals surface area (Å²) >= 11 is 0. The van der Waals surface area contributed by atoms with Gasteiger partial charge in [-0.2, -0.15) is 0 Å². The van der Waals surface area contributed by atoms with Crippen molar-refractivity contribution in [1.29, 1.82) is 0 Å². The van der Waals surface area contributed by atoms with E-state index in [9.17, 15) is 0 Å². The third-order valence-electron chi connectivity index (χ3n) is 1.13. The summed E-state index contributed by atoms with van der Waals surface area (Å²) in [5, 5.41) is 0. The lowest BCUT2D eigenvalue weighted by Gasteiger charge is -1.91. The van der Waals surface area contributed by atoms with Gasteiger partial charge in [-0.25, -0.2) is 0 Å². The maximum Gasteiger partial charge on any atom is -0.00624 e. The molecule has 0 saturated heterocycles. The van der Waals surface area contributed by atoms with Gasteiger partial charge in [0.25, 0.3) is 0 Å². The van der Waals surface area contributed by atoms with E-state index in [1.54, 1.807) is 6.08 Å². The van der Waals surface area contributed by atoms with Gasteiger partial charge in [0.2, 0.25) is 0 Å². The molecule has 0 bridgehead atoms. The van der Waals surface area contributed by atoms with Crippen LogP contribution in [0.25, 0.3) is 0 Å². The van der Waals surface area contributed by atoms with Gasteiger partial charge in [0.05, 0.1) is 0 Å². The molecule has 1 heteroatoms. The predicted molar refractivity (Wildman–Crippen MR) is 46.5 cm³/mol. The van der Waals surface area contributed by atoms with Crippen molar-refractivity contribution in [2.45, 2.75) is 19.8 Å². The van der Waals surface area contributed by atoms with Gasteiger partial charge in [0.1, 0.15) is 0 Å². The first kappa shape index (κ1) is 9.02. The molecule has 0 rings (SSSR count). The molecular weight excluding hydrogens is 122 g/mol. The van der Waals surface area contributed by atoms with Gasteiger partial charge in [-0.05, 0) is 18.7 Å². The van der Waals surface area contributed by atoms with Crippen molar-refractivity contribution in [2.24, 2.45) is 5.73 Å². The average Bonchev–Trinajstić information content (AvgIpc) is 1.89. The molecule has 0 aliphatic heterocycles. The highest BCUT2D eigenvalue weighted by atomic mass is 14.5. The molecule has 0 unspecified atom stereocenters. The Kier molecular flexibility index (Phi) is 5.54. The molecule has 0 amide bonds. The second-order valence-corrected chi connectivity index (χ2v) is 2.15. The Morgan fingerprint density at radius 2 is 2.20 bits per heavy atom. The summed E-state index contributed by atoms with van der Waals surface area (Å²) in [5.41, 5.74) is 6.28. The van der Waals surface area contributed by atoms with Crippen molar-refractivity contribution in [1.82, 2.24) is 0 Å². The maximum absolute atomic E-state index is 5.13. The fraction of sp³-hybridized carbons (Fsp3) is 0.333. The highest BCUT2D eigenvalue weighted by molar-refractivity contribution is 5.18. The molecule has 0 atom stereocenters. The predicted octanol–water partition coefficient (Wildman–Crippen LogP) is 2.37. The number of nitrogens with two attached hydrogens (primary N) is 1. The Balaban J connectivity index is 3.56. The topological polar surface area (TPSA) is 26.0 Å². The monoisotopic (exact) mass is 137 g/mol. The smallest absolute Gasteiger partial charge is 0.00624 e. The number of hydrogen-bond acceptors (Lipinski definition) is 1. The molecule has 0 fully saturated rings. The van der Waals surface area contributed by atoms with Crippen molar-refractivity contribution in [3.8, 4) is 0 Å². The zero-order valence-corrected chi connectivity index (χ0v) is 6.51. The molecule has 0 aromatic heterocycles. The minimum absolute atomic E-state index is 1.06. The molecule has 0 aliphatic carbocycles. The zero-order chi connectivity index (χ0) is 7.82. The number of allylic oxidation sites excluding steroid dienone is 4. The highest BCUT2D eigenvalue weighted by Gasteiger charge is 1.82. The maximum atomic E-state index is 5.13. The molecule has 10 heavy (non-hydrogen) atoms. The van der Waals surface area contributed by atoms with Crippen LogP contribution in [0.3, 0.4) is 0 Å². The first-order chi connectivity index (χ1) is 4.81. The Bertz CT molecular complexity index is 143. The van der Waals surface area contributed by atoms with Crippen molar-refractivity contribution < 1.29 is 0 Å². The Hall–Kier alpha value is -0.980. The third kappa shape index (κ3) is 5.16. The van der Waals surface area contributed by atoms with Gasteiger partial charge in [0, 0.05) is 0 Å². The van der Waals surface area contributed by atoms with E-state index in [1.807, 2.05) is 12.2 Å². The molecule has 56 valence electrons. The van der Waals surface area contributed by atoms with Gasteiger partial charge < -0.3 is 5.73 Å². The molecule has 1 nitrogen and oxygen atoms in total. The van der Waals surface area contributed by atoms with Crippen LogP contribution in [0.5, 0.6) is 0 Å². The van der Waals surface area contributed by atoms with E-state index in [1.165, 1.54) is 6.20 Å². The summed E-state index contributed by atoms with van der Waals surface area (Å²) in [6.07, 6.45) is 9.39. The van der Waals surface area contributed by atoms with Crippen molar-refractivity contribution >= 4 is 0 Å². The lowest BCUT2D eigenvalue weighted by molar-refractivity contribution is 0.930. The fourth-order valence-electron chi connectivity index (χ4n) is 0.660. The second kappa shape index (κ2) is 6.14. The second-order valence-electron chi connectivity index (χ2n) is 2.15. The Labute approximate surface area is 62.9 Å². The molecule has 0 aromatic carbocycles. The average molecular weight is 137 g/mol. The van der Waals surface area contributed by atoms with Crippen LogP contribution in [0.2, 0.25) is 0 Å². The van der Waals surface area contributed by atoms with Crippen molar-refractivity contribution in [3.63, 3.8) is 0 Å². The van der Waals surface area contributed by atoms with Crippen LogP contribution < -0.4 is 5.73 Å². The van der Waals surface area contributed by atoms with Crippen LogP contribution in [-0.4, -0.2) is 0 Å². The summed E-state index contributed by atoms with van der Waals surface area (Å²) in [6.45, 7) is 5.99. The minimum Gasteiger partial charge on any atom is -0.405 e. The van der Waals surface area contributed by atoms with Gasteiger partial charge in [0.15, 0.2) is 0 Å². The van der Waals surface area contributed by atoms with Crippen LogP contribution in [-0.2, 0) is 0 Å². The van der Waals surface area contributed by atoms with Crippen LogP contribution in [0, 0.1) is 0 Å². The van der Waals surface area contributed by atoms with Crippen LogP contribution in [0.1, 0.15) is 19.8 Å². The van der Waals surface area contributed by atoms with E-state index in [0.29, 0.717) is 0 Å². The zero-order valence-electron chi connectivity index (χ0n) is 6.51. The van der Waals surface area contributed by atoms with Gasteiger partial charge >= 0.3 is 0 Å².